The van der Waals surface area contributed by atoms with E-state index in [0.29, 0.717) is 11.5 Å². The molecule has 1 aromatic rings. The van der Waals surface area contributed by atoms with Gasteiger partial charge < -0.3 is 15.3 Å². The Morgan fingerprint density at radius 2 is 2.10 bits per heavy atom. The van der Waals surface area contributed by atoms with Gasteiger partial charge in [0.15, 0.2) is 0 Å². The van der Waals surface area contributed by atoms with E-state index in [9.17, 15) is 9.90 Å². The van der Waals surface area contributed by atoms with E-state index >= 15 is 0 Å². The standard InChI is InChI=1S/C16H24N2O2/c1-12-5-6-15(14(9-12)16(19)20)17-10-13(2)11-18-7-3-4-8-18/h5-6,9,13,17H,3-4,7-8,10-11H2,1-2H3,(H,19,20). The number of carbonyl (C=O) groups is 1. The summed E-state index contributed by atoms with van der Waals surface area (Å²) in [6.07, 6.45) is 2.61. The molecule has 20 heavy (non-hydrogen) atoms. The van der Waals surface area contributed by atoms with Crippen molar-refractivity contribution in [1.29, 1.82) is 0 Å². The van der Waals surface area contributed by atoms with Crippen molar-refractivity contribution in [3.63, 3.8) is 0 Å². The van der Waals surface area contributed by atoms with Gasteiger partial charge in [0.1, 0.15) is 0 Å². The molecular weight excluding hydrogens is 252 g/mol. The molecule has 0 amide bonds. The van der Waals surface area contributed by atoms with Crippen molar-refractivity contribution >= 4 is 11.7 Å². The van der Waals surface area contributed by atoms with Gasteiger partial charge in [-0.15, -0.1) is 0 Å². The summed E-state index contributed by atoms with van der Waals surface area (Å²) in [4.78, 5) is 13.7. The molecule has 1 fully saturated rings. The molecule has 110 valence electrons. The predicted octanol–water partition coefficient (Wildman–Crippen LogP) is 2.84. The van der Waals surface area contributed by atoms with Crippen LogP contribution in [0.3, 0.4) is 0 Å². The molecule has 4 heteroatoms. The average Bonchev–Trinajstić information content (AvgIpc) is 2.90. The number of hydrogen-bond acceptors (Lipinski definition) is 3. The van der Waals surface area contributed by atoms with E-state index in [-0.39, 0.29) is 0 Å². The molecule has 4 nitrogen and oxygen atoms in total. The Balaban J connectivity index is 1.91. The van der Waals surface area contributed by atoms with E-state index in [1.807, 2.05) is 19.1 Å². The second kappa shape index (κ2) is 6.75. The average molecular weight is 276 g/mol. The van der Waals surface area contributed by atoms with E-state index in [0.717, 1.165) is 24.3 Å². The number of likely N-dealkylation sites (tertiary alicyclic amines) is 1. The minimum atomic E-state index is -0.872. The van der Waals surface area contributed by atoms with Crippen LogP contribution < -0.4 is 5.32 Å². The highest BCUT2D eigenvalue weighted by molar-refractivity contribution is 5.94. The van der Waals surface area contributed by atoms with E-state index in [1.54, 1.807) is 6.07 Å². The number of rotatable bonds is 6. The Kier molecular flexibility index (Phi) is 5.01. The maximum atomic E-state index is 11.2. The van der Waals surface area contributed by atoms with Crippen molar-refractivity contribution in [3.05, 3.63) is 29.3 Å². The highest BCUT2D eigenvalue weighted by Gasteiger charge is 2.15. The van der Waals surface area contributed by atoms with Crippen molar-refractivity contribution in [3.8, 4) is 0 Å². The summed E-state index contributed by atoms with van der Waals surface area (Å²) < 4.78 is 0. The van der Waals surface area contributed by atoms with Crippen molar-refractivity contribution < 1.29 is 9.90 Å². The fraction of sp³-hybridized carbons (Fsp3) is 0.562. The van der Waals surface area contributed by atoms with Crippen molar-refractivity contribution in [1.82, 2.24) is 4.90 Å². The van der Waals surface area contributed by atoms with Crippen LogP contribution in [-0.2, 0) is 0 Å². The van der Waals surface area contributed by atoms with E-state index in [2.05, 4.69) is 17.1 Å². The third-order valence-electron chi connectivity index (χ3n) is 3.82. The predicted molar refractivity (Wildman–Crippen MR) is 81.5 cm³/mol. The summed E-state index contributed by atoms with van der Waals surface area (Å²) in [7, 11) is 0. The first-order chi connectivity index (χ1) is 9.56. The maximum Gasteiger partial charge on any atom is 0.337 e. The van der Waals surface area contributed by atoms with Crippen LogP contribution in [0.4, 0.5) is 5.69 Å². The van der Waals surface area contributed by atoms with Gasteiger partial charge in [0.25, 0.3) is 0 Å². The molecule has 1 saturated heterocycles. The van der Waals surface area contributed by atoms with Gasteiger partial charge in [-0.25, -0.2) is 4.79 Å². The van der Waals surface area contributed by atoms with Crippen LogP contribution in [0, 0.1) is 12.8 Å². The molecule has 2 N–H and O–H groups in total. The zero-order chi connectivity index (χ0) is 14.5. The van der Waals surface area contributed by atoms with Gasteiger partial charge in [0.2, 0.25) is 0 Å². The zero-order valence-electron chi connectivity index (χ0n) is 12.4. The normalized spacial score (nSPS) is 17.1. The Bertz CT molecular complexity index is 468. The highest BCUT2D eigenvalue weighted by atomic mass is 16.4. The zero-order valence-corrected chi connectivity index (χ0v) is 12.4. The van der Waals surface area contributed by atoms with Crippen LogP contribution in [0.15, 0.2) is 18.2 Å². The smallest absolute Gasteiger partial charge is 0.337 e. The molecule has 2 rings (SSSR count). The molecule has 0 spiro atoms. The fourth-order valence-electron chi connectivity index (χ4n) is 2.74. The van der Waals surface area contributed by atoms with Crippen molar-refractivity contribution in [2.45, 2.75) is 26.7 Å². The number of anilines is 1. The number of carboxylic acids is 1. The largest absolute Gasteiger partial charge is 0.478 e. The molecule has 1 unspecified atom stereocenters. The lowest BCUT2D eigenvalue weighted by Crippen LogP contribution is -2.29. The first-order valence-electron chi connectivity index (χ1n) is 7.36. The van der Waals surface area contributed by atoms with Crippen molar-refractivity contribution in [2.24, 2.45) is 5.92 Å². The molecule has 1 heterocycles. The van der Waals surface area contributed by atoms with Gasteiger partial charge in [-0.3, -0.25) is 0 Å². The number of benzene rings is 1. The molecule has 1 atom stereocenters. The maximum absolute atomic E-state index is 11.2. The van der Waals surface area contributed by atoms with Gasteiger partial charge in [-0.1, -0.05) is 18.6 Å². The minimum Gasteiger partial charge on any atom is -0.478 e. The third-order valence-corrected chi connectivity index (χ3v) is 3.82. The summed E-state index contributed by atoms with van der Waals surface area (Å²) >= 11 is 0. The van der Waals surface area contributed by atoms with E-state index < -0.39 is 5.97 Å². The second-order valence-corrected chi connectivity index (χ2v) is 5.85. The molecular formula is C16H24N2O2. The second-order valence-electron chi connectivity index (χ2n) is 5.85. The van der Waals surface area contributed by atoms with E-state index in [1.165, 1.54) is 25.9 Å². The van der Waals surface area contributed by atoms with Gasteiger partial charge in [-0.05, 0) is 50.9 Å². The molecule has 0 radical (unpaired) electrons. The molecule has 0 bridgehead atoms. The monoisotopic (exact) mass is 276 g/mol. The highest BCUT2D eigenvalue weighted by Crippen LogP contribution is 2.18. The quantitative estimate of drug-likeness (QED) is 0.839. The molecule has 0 aromatic heterocycles. The first-order valence-corrected chi connectivity index (χ1v) is 7.36. The lowest BCUT2D eigenvalue weighted by molar-refractivity contribution is 0.0698. The first kappa shape index (κ1) is 14.9. The third kappa shape index (κ3) is 3.97. The van der Waals surface area contributed by atoms with Crippen LogP contribution >= 0.6 is 0 Å². The summed E-state index contributed by atoms with van der Waals surface area (Å²) in [6.45, 7) is 8.41. The number of aromatic carboxylic acids is 1. The van der Waals surface area contributed by atoms with Crippen LogP contribution in [0.25, 0.3) is 0 Å². The number of nitrogens with one attached hydrogen (secondary N) is 1. The molecule has 0 saturated carbocycles. The van der Waals surface area contributed by atoms with Crippen LogP contribution in [0.2, 0.25) is 0 Å². The summed E-state index contributed by atoms with van der Waals surface area (Å²) in [5.41, 5.74) is 2.05. The molecule has 1 aliphatic rings. The Morgan fingerprint density at radius 3 is 2.75 bits per heavy atom. The summed E-state index contributed by atoms with van der Waals surface area (Å²) in [6, 6.07) is 5.52. The fourth-order valence-corrected chi connectivity index (χ4v) is 2.74. The lowest BCUT2D eigenvalue weighted by atomic mass is 10.1. The number of carboxylic acid groups (broad SMARTS) is 1. The van der Waals surface area contributed by atoms with E-state index in [4.69, 9.17) is 0 Å². The topological polar surface area (TPSA) is 52.6 Å². The Hall–Kier alpha value is -1.55. The minimum absolute atomic E-state index is 0.360. The molecule has 1 aromatic carbocycles. The van der Waals surface area contributed by atoms with Crippen LogP contribution in [0.1, 0.15) is 35.7 Å². The van der Waals surface area contributed by atoms with Gasteiger partial charge in [-0.2, -0.15) is 0 Å². The van der Waals surface area contributed by atoms with Gasteiger partial charge in [0, 0.05) is 18.8 Å². The number of nitrogens with zero attached hydrogens (tertiary/aromatic N) is 1. The number of aryl methyl sites for hydroxylation is 1. The summed E-state index contributed by atoms with van der Waals surface area (Å²) in [5, 5.41) is 12.5. The lowest BCUT2D eigenvalue weighted by Gasteiger charge is -2.21. The Labute approximate surface area is 120 Å². The van der Waals surface area contributed by atoms with Gasteiger partial charge >= 0.3 is 5.97 Å². The number of hydrogen-bond donors (Lipinski definition) is 2. The van der Waals surface area contributed by atoms with Crippen molar-refractivity contribution in [2.75, 3.05) is 31.5 Å². The summed E-state index contributed by atoms with van der Waals surface area (Å²) in [5.74, 6) is -0.362. The van der Waals surface area contributed by atoms with Crippen LogP contribution in [-0.4, -0.2) is 42.2 Å². The molecule has 0 aliphatic carbocycles. The van der Waals surface area contributed by atoms with Crippen LogP contribution in [0.5, 0.6) is 0 Å². The SMILES string of the molecule is Cc1ccc(NCC(C)CN2CCCC2)c(C(=O)O)c1. The van der Waals surface area contributed by atoms with Gasteiger partial charge in [0.05, 0.1) is 5.56 Å². The Morgan fingerprint density at radius 1 is 1.40 bits per heavy atom. The molecule has 1 aliphatic heterocycles.